The normalized spacial score (nSPS) is 19.6. The van der Waals surface area contributed by atoms with Gasteiger partial charge in [-0.05, 0) is 26.0 Å². The summed E-state index contributed by atoms with van der Waals surface area (Å²) in [5.41, 5.74) is 3.52. The second kappa shape index (κ2) is 6.37. The number of rotatable bonds is 3. The summed E-state index contributed by atoms with van der Waals surface area (Å²) in [6, 6.07) is 11.1. The number of hydrazone groups is 1. The molecule has 2 amide bonds. The first-order chi connectivity index (χ1) is 11.1. The number of nitrogens with zero attached hydrogens (tertiary/aromatic N) is 3. The van der Waals surface area contributed by atoms with Gasteiger partial charge in [-0.2, -0.15) is 0 Å². The molecule has 0 aliphatic carbocycles. The Morgan fingerprint density at radius 1 is 1.35 bits per heavy atom. The van der Waals surface area contributed by atoms with Gasteiger partial charge in [-0.3, -0.25) is 14.5 Å². The fraction of sp³-hybridized carbons (Fsp3) is 0.250. The zero-order valence-corrected chi connectivity index (χ0v) is 13.6. The predicted molar refractivity (Wildman–Crippen MR) is 91.1 cm³/mol. The van der Waals surface area contributed by atoms with Crippen molar-refractivity contribution in [3.63, 3.8) is 0 Å². The van der Waals surface area contributed by atoms with Crippen molar-refractivity contribution in [2.75, 3.05) is 6.54 Å². The number of thioether (sulfide) groups is 1. The molecule has 2 aromatic rings. The molecular weight excluding hydrogens is 312 g/mol. The molecule has 1 aliphatic rings. The summed E-state index contributed by atoms with van der Waals surface area (Å²) in [7, 11) is 0. The Morgan fingerprint density at radius 2 is 2.13 bits per heavy atom. The van der Waals surface area contributed by atoms with E-state index < -0.39 is 5.91 Å². The highest BCUT2D eigenvalue weighted by atomic mass is 32.2. The minimum Gasteiger partial charge on any atom is -0.289 e. The average molecular weight is 328 g/mol. The summed E-state index contributed by atoms with van der Waals surface area (Å²) in [6.07, 6.45) is 0. The fourth-order valence-corrected chi connectivity index (χ4v) is 3.30. The van der Waals surface area contributed by atoms with Crippen LogP contribution in [0, 0.1) is 0 Å². The number of carbonyl (C=O) groups is 2. The molecule has 0 bridgehead atoms. The van der Waals surface area contributed by atoms with E-state index in [1.54, 1.807) is 11.0 Å². The van der Waals surface area contributed by atoms with Gasteiger partial charge in [0.05, 0.1) is 10.8 Å². The van der Waals surface area contributed by atoms with Crippen molar-refractivity contribution >= 4 is 39.6 Å². The second-order valence-corrected chi connectivity index (χ2v) is 6.38. The number of carbonyl (C=O) groups excluding carboxylic acids is 2. The maximum absolute atomic E-state index is 12.2. The lowest BCUT2D eigenvalue weighted by Gasteiger charge is -2.12. The lowest BCUT2D eigenvalue weighted by molar-refractivity contribution is -0.125. The monoisotopic (exact) mass is 328 g/mol. The Bertz CT molecular complexity index is 806. The second-order valence-electron chi connectivity index (χ2n) is 5.07. The molecule has 1 unspecified atom stereocenters. The summed E-state index contributed by atoms with van der Waals surface area (Å²) >= 11 is 1.34. The van der Waals surface area contributed by atoms with Crippen molar-refractivity contribution < 1.29 is 9.59 Å². The van der Waals surface area contributed by atoms with Crippen molar-refractivity contribution in [2.45, 2.75) is 19.1 Å². The number of hydrogen-bond donors (Lipinski definition) is 1. The van der Waals surface area contributed by atoms with Crippen LogP contribution >= 0.6 is 11.8 Å². The van der Waals surface area contributed by atoms with Crippen molar-refractivity contribution in [2.24, 2.45) is 5.10 Å². The maximum atomic E-state index is 12.2. The number of hydrogen-bond acceptors (Lipinski definition) is 5. The minimum atomic E-state index is -0.396. The van der Waals surface area contributed by atoms with Crippen LogP contribution in [0.1, 0.15) is 24.3 Å². The van der Waals surface area contributed by atoms with Crippen LogP contribution in [0.2, 0.25) is 0 Å². The van der Waals surface area contributed by atoms with Gasteiger partial charge in [0.2, 0.25) is 5.91 Å². The lowest BCUT2D eigenvalue weighted by atomic mass is 10.2. The molecule has 1 aromatic heterocycles. The van der Waals surface area contributed by atoms with Gasteiger partial charge in [0.15, 0.2) is 5.17 Å². The Labute approximate surface area is 138 Å². The molecule has 23 heavy (non-hydrogen) atoms. The van der Waals surface area contributed by atoms with Crippen LogP contribution in [0.4, 0.5) is 0 Å². The van der Waals surface area contributed by atoms with E-state index in [0.29, 0.717) is 17.4 Å². The number of amides is 2. The smallest absolute Gasteiger partial charge is 0.289 e. The largest absolute Gasteiger partial charge is 0.290 e. The predicted octanol–water partition coefficient (Wildman–Crippen LogP) is 2.22. The van der Waals surface area contributed by atoms with Crippen molar-refractivity contribution in [1.29, 1.82) is 0 Å². The molecule has 1 N–H and O–H groups in total. The van der Waals surface area contributed by atoms with Crippen molar-refractivity contribution in [1.82, 2.24) is 15.3 Å². The minimum absolute atomic E-state index is 0.00864. The third-order valence-corrected chi connectivity index (χ3v) is 4.60. The van der Waals surface area contributed by atoms with E-state index in [1.807, 2.05) is 44.2 Å². The molecule has 1 fully saturated rings. The van der Waals surface area contributed by atoms with Crippen LogP contribution in [-0.4, -0.2) is 38.7 Å². The summed E-state index contributed by atoms with van der Waals surface area (Å²) in [5.74, 6) is -0.388. The highest BCUT2D eigenvalue weighted by Gasteiger charge is 2.34. The molecule has 3 rings (SSSR count). The highest BCUT2D eigenvalue weighted by Crippen LogP contribution is 2.26. The number of benzene rings is 1. The highest BCUT2D eigenvalue weighted by molar-refractivity contribution is 8.15. The van der Waals surface area contributed by atoms with E-state index in [1.165, 1.54) is 11.8 Å². The topological polar surface area (TPSA) is 74.7 Å². The van der Waals surface area contributed by atoms with Crippen LogP contribution < -0.4 is 5.43 Å². The first kappa shape index (κ1) is 15.5. The van der Waals surface area contributed by atoms with Crippen LogP contribution in [0.15, 0.2) is 41.5 Å². The summed E-state index contributed by atoms with van der Waals surface area (Å²) in [5, 5.41) is 5.39. The SMILES string of the molecule is CCN1C(=O)C(C)S/C1=N\NC(=O)c1ccc2ccccc2n1. The summed E-state index contributed by atoms with van der Waals surface area (Å²) in [6.45, 7) is 4.22. The Morgan fingerprint density at radius 3 is 2.91 bits per heavy atom. The molecule has 0 spiro atoms. The Hall–Kier alpha value is -2.41. The third kappa shape index (κ3) is 3.05. The molecule has 1 aliphatic heterocycles. The van der Waals surface area contributed by atoms with Crippen molar-refractivity contribution in [3.05, 3.63) is 42.1 Å². The summed E-state index contributed by atoms with van der Waals surface area (Å²) < 4.78 is 0. The van der Waals surface area contributed by atoms with E-state index in [-0.39, 0.29) is 11.2 Å². The number of pyridine rings is 1. The number of para-hydroxylation sites is 1. The standard InChI is InChI=1S/C16H16N4O2S/c1-3-20-15(22)10(2)23-16(20)19-18-14(21)13-9-8-11-6-4-5-7-12(11)17-13/h4-10H,3H2,1-2H3,(H,18,21)/b19-16-. The molecule has 1 saturated heterocycles. The molecule has 1 aromatic carbocycles. The van der Waals surface area contributed by atoms with Crippen LogP contribution in [0.3, 0.4) is 0 Å². The number of nitrogens with one attached hydrogen (secondary N) is 1. The van der Waals surface area contributed by atoms with E-state index >= 15 is 0 Å². The first-order valence-corrected chi connectivity index (χ1v) is 8.20. The molecule has 2 heterocycles. The van der Waals surface area contributed by atoms with Crippen LogP contribution in [0.5, 0.6) is 0 Å². The lowest BCUT2D eigenvalue weighted by Crippen LogP contribution is -2.32. The third-order valence-electron chi connectivity index (χ3n) is 3.53. The van der Waals surface area contributed by atoms with Crippen LogP contribution in [-0.2, 0) is 4.79 Å². The zero-order valence-electron chi connectivity index (χ0n) is 12.8. The Kier molecular flexibility index (Phi) is 4.29. The van der Waals surface area contributed by atoms with Gasteiger partial charge in [-0.25, -0.2) is 10.4 Å². The van der Waals surface area contributed by atoms with Gasteiger partial charge in [0.1, 0.15) is 5.69 Å². The fourth-order valence-electron chi connectivity index (χ4n) is 2.31. The number of fused-ring (bicyclic) bond motifs is 1. The van der Waals surface area contributed by atoms with Gasteiger partial charge >= 0.3 is 0 Å². The Balaban J connectivity index is 1.78. The molecule has 118 valence electrons. The van der Waals surface area contributed by atoms with E-state index in [4.69, 9.17) is 0 Å². The summed E-state index contributed by atoms with van der Waals surface area (Å²) in [4.78, 5) is 30.0. The molecule has 0 radical (unpaired) electrons. The van der Waals surface area contributed by atoms with Gasteiger partial charge in [-0.1, -0.05) is 36.0 Å². The zero-order chi connectivity index (χ0) is 16.4. The van der Waals surface area contributed by atoms with E-state index in [9.17, 15) is 9.59 Å². The van der Waals surface area contributed by atoms with Gasteiger partial charge < -0.3 is 0 Å². The molecule has 0 saturated carbocycles. The quantitative estimate of drug-likeness (QED) is 0.877. The van der Waals surface area contributed by atoms with Gasteiger partial charge in [-0.15, -0.1) is 5.10 Å². The maximum Gasteiger partial charge on any atom is 0.290 e. The van der Waals surface area contributed by atoms with Gasteiger partial charge in [0.25, 0.3) is 5.91 Å². The van der Waals surface area contributed by atoms with Crippen molar-refractivity contribution in [3.8, 4) is 0 Å². The van der Waals surface area contributed by atoms with E-state index in [0.717, 1.165) is 10.9 Å². The van der Waals surface area contributed by atoms with Gasteiger partial charge in [0, 0.05) is 11.9 Å². The first-order valence-electron chi connectivity index (χ1n) is 7.32. The van der Waals surface area contributed by atoms with E-state index in [2.05, 4.69) is 15.5 Å². The molecular formula is C16H16N4O2S. The molecule has 7 heteroatoms. The average Bonchev–Trinajstić information content (AvgIpc) is 2.86. The number of aromatic nitrogens is 1. The van der Waals surface area contributed by atoms with Crippen LogP contribution in [0.25, 0.3) is 10.9 Å². The number of amidine groups is 1. The molecule has 1 atom stereocenters. The molecule has 6 nitrogen and oxygen atoms in total.